The summed E-state index contributed by atoms with van der Waals surface area (Å²) < 4.78 is 4.95. The van der Waals surface area contributed by atoms with Crippen molar-refractivity contribution in [2.75, 3.05) is 12.4 Å². The highest BCUT2D eigenvalue weighted by Gasteiger charge is 2.28. The largest absolute Gasteiger partial charge is 0.361 e. The lowest BCUT2D eigenvalue weighted by molar-refractivity contribution is 0.0693. The van der Waals surface area contributed by atoms with E-state index < -0.39 is 0 Å². The van der Waals surface area contributed by atoms with Gasteiger partial charge in [-0.2, -0.15) is 0 Å². The number of alkyl halides is 1. The van der Waals surface area contributed by atoms with Crippen LogP contribution in [0.1, 0.15) is 41.8 Å². The second kappa shape index (κ2) is 5.54. The fraction of sp³-hybridized carbons (Fsp3) is 0.667. The second-order valence-electron chi connectivity index (χ2n) is 4.42. The van der Waals surface area contributed by atoms with Crippen molar-refractivity contribution in [1.29, 1.82) is 0 Å². The maximum absolute atomic E-state index is 12.4. The average molecular weight is 257 g/mol. The van der Waals surface area contributed by atoms with E-state index >= 15 is 0 Å². The Kier molecular flexibility index (Phi) is 4.05. The first-order chi connectivity index (χ1) is 8.24. The van der Waals surface area contributed by atoms with Gasteiger partial charge in [-0.25, -0.2) is 0 Å². The van der Waals surface area contributed by atoms with E-state index in [-0.39, 0.29) is 5.91 Å². The molecule has 1 aromatic rings. The van der Waals surface area contributed by atoms with Gasteiger partial charge in [0, 0.05) is 18.5 Å². The van der Waals surface area contributed by atoms with Crippen molar-refractivity contribution in [3.8, 4) is 0 Å². The summed E-state index contributed by atoms with van der Waals surface area (Å²) in [6.45, 7) is 2.35. The van der Waals surface area contributed by atoms with Crippen LogP contribution in [0.5, 0.6) is 0 Å². The molecule has 0 aliphatic heterocycles. The zero-order valence-corrected chi connectivity index (χ0v) is 10.7. The number of carbonyl (C=O) groups excluding carboxylic acids is 1. The Balaban J connectivity index is 2.15. The molecule has 1 aromatic heterocycles. The van der Waals surface area contributed by atoms with Gasteiger partial charge in [0.25, 0.3) is 5.91 Å². The van der Waals surface area contributed by atoms with E-state index in [0.29, 0.717) is 29.8 Å². The zero-order valence-electron chi connectivity index (χ0n) is 9.99. The van der Waals surface area contributed by atoms with Gasteiger partial charge in [0.15, 0.2) is 0 Å². The second-order valence-corrected chi connectivity index (χ2v) is 4.80. The molecule has 94 valence electrons. The third kappa shape index (κ3) is 2.63. The maximum atomic E-state index is 12.4. The predicted octanol–water partition coefficient (Wildman–Crippen LogP) is 2.61. The predicted molar refractivity (Wildman–Crippen MR) is 65.3 cm³/mol. The van der Waals surface area contributed by atoms with E-state index in [0.717, 1.165) is 12.8 Å². The van der Waals surface area contributed by atoms with Crippen LogP contribution < -0.4 is 0 Å². The molecule has 0 spiro atoms. The summed E-state index contributed by atoms with van der Waals surface area (Å²) in [5.74, 6) is 1.04. The number of hydrogen-bond donors (Lipinski definition) is 0. The first-order valence-corrected chi connectivity index (χ1v) is 6.55. The molecule has 4 nitrogen and oxygen atoms in total. The van der Waals surface area contributed by atoms with Gasteiger partial charge in [-0.15, -0.1) is 11.6 Å². The molecule has 1 saturated carbocycles. The van der Waals surface area contributed by atoms with Gasteiger partial charge in [-0.1, -0.05) is 18.0 Å². The quantitative estimate of drug-likeness (QED) is 0.778. The molecule has 1 heterocycles. The zero-order chi connectivity index (χ0) is 12.3. The molecule has 1 fully saturated rings. The van der Waals surface area contributed by atoms with Crippen LogP contribution in [0, 0.1) is 6.92 Å². The van der Waals surface area contributed by atoms with Crippen molar-refractivity contribution in [2.24, 2.45) is 0 Å². The summed E-state index contributed by atoms with van der Waals surface area (Å²) in [6.07, 6.45) is 6.03. The van der Waals surface area contributed by atoms with Crippen LogP contribution in [-0.4, -0.2) is 34.4 Å². The SMILES string of the molecule is Cc1oncc1C(=O)N(CCCl)C1CCCC1. The van der Waals surface area contributed by atoms with Crippen LogP contribution in [0.15, 0.2) is 10.7 Å². The van der Waals surface area contributed by atoms with Gasteiger partial charge in [0.2, 0.25) is 0 Å². The third-order valence-electron chi connectivity index (χ3n) is 3.33. The van der Waals surface area contributed by atoms with Crippen LogP contribution >= 0.6 is 11.6 Å². The Hall–Kier alpha value is -1.03. The van der Waals surface area contributed by atoms with E-state index in [4.69, 9.17) is 16.1 Å². The molecule has 0 atom stereocenters. The summed E-state index contributed by atoms with van der Waals surface area (Å²) in [4.78, 5) is 14.2. The van der Waals surface area contributed by atoms with Gasteiger partial charge in [0.05, 0.1) is 6.20 Å². The molecule has 0 saturated heterocycles. The van der Waals surface area contributed by atoms with E-state index in [1.54, 1.807) is 6.92 Å². The van der Waals surface area contributed by atoms with E-state index in [2.05, 4.69) is 5.16 Å². The molecule has 1 aliphatic rings. The van der Waals surface area contributed by atoms with Crippen LogP contribution in [-0.2, 0) is 0 Å². The van der Waals surface area contributed by atoms with Crippen LogP contribution in [0.2, 0.25) is 0 Å². The highest BCUT2D eigenvalue weighted by molar-refractivity contribution is 6.18. The van der Waals surface area contributed by atoms with Gasteiger partial charge < -0.3 is 9.42 Å². The Morgan fingerprint density at radius 2 is 2.29 bits per heavy atom. The fourth-order valence-electron chi connectivity index (χ4n) is 2.42. The summed E-state index contributed by atoms with van der Waals surface area (Å²) in [6, 6.07) is 0.329. The minimum absolute atomic E-state index is 0.00343. The normalized spacial score (nSPS) is 16.4. The number of carbonyl (C=O) groups is 1. The molecular formula is C12H17ClN2O2. The van der Waals surface area contributed by atoms with Crippen molar-refractivity contribution >= 4 is 17.5 Å². The first-order valence-electron chi connectivity index (χ1n) is 6.02. The van der Waals surface area contributed by atoms with Gasteiger partial charge >= 0.3 is 0 Å². The smallest absolute Gasteiger partial charge is 0.259 e. The highest BCUT2D eigenvalue weighted by Crippen LogP contribution is 2.25. The van der Waals surface area contributed by atoms with Crippen LogP contribution in [0.4, 0.5) is 0 Å². The molecule has 2 rings (SSSR count). The van der Waals surface area contributed by atoms with Crippen molar-refractivity contribution in [1.82, 2.24) is 10.1 Å². The number of hydrogen-bond acceptors (Lipinski definition) is 3. The molecule has 0 aromatic carbocycles. The lowest BCUT2D eigenvalue weighted by Crippen LogP contribution is -2.40. The molecule has 0 N–H and O–H groups in total. The highest BCUT2D eigenvalue weighted by atomic mass is 35.5. The lowest BCUT2D eigenvalue weighted by atomic mass is 10.1. The summed E-state index contributed by atoms with van der Waals surface area (Å²) >= 11 is 5.79. The van der Waals surface area contributed by atoms with Crippen molar-refractivity contribution in [3.63, 3.8) is 0 Å². The molecule has 1 amide bonds. The summed E-state index contributed by atoms with van der Waals surface area (Å²) in [7, 11) is 0. The Labute approximate surface area is 106 Å². The Morgan fingerprint density at radius 3 is 2.82 bits per heavy atom. The molecule has 0 unspecified atom stereocenters. The molecule has 17 heavy (non-hydrogen) atoms. The number of amides is 1. The maximum Gasteiger partial charge on any atom is 0.259 e. The number of nitrogens with zero attached hydrogens (tertiary/aromatic N) is 2. The molecule has 5 heteroatoms. The minimum atomic E-state index is -0.00343. The van der Waals surface area contributed by atoms with Gasteiger partial charge in [-0.3, -0.25) is 4.79 Å². The number of aryl methyl sites for hydroxylation is 1. The van der Waals surface area contributed by atoms with E-state index in [9.17, 15) is 4.79 Å². The fourth-order valence-corrected chi connectivity index (χ4v) is 2.60. The Morgan fingerprint density at radius 1 is 1.59 bits per heavy atom. The lowest BCUT2D eigenvalue weighted by Gasteiger charge is -2.27. The third-order valence-corrected chi connectivity index (χ3v) is 3.50. The first kappa shape index (κ1) is 12.4. The molecule has 1 aliphatic carbocycles. The van der Waals surface area contributed by atoms with E-state index in [1.807, 2.05) is 4.90 Å². The molecule has 0 bridgehead atoms. The number of aromatic nitrogens is 1. The topological polar surface area (TPSA) is 46.3 Å². The average Bonchev–Trinajstić information content (AvgIpc) is 2.95. The number of halogens is 1. The number of rotatable bonds is 4. The van der Waals surface area contributed by atoms with Crippen molar-refractivity contribution in [2.45, 2.75) is 38.6 Å². The van der Waals surface area contributed by atoms with Gasteiger partial charge in [0.1, 0.15) is 11.3 Å². The van der Waals surface area contributed by atoms with Gasteiger partial charge in [-0.05, 0) is 19.8 Å². The molecule has 0 radical (unpaired) electrons. The van der Waals surface area contributed by atoms with Crippen LogP contribution in [0.3, 0.4) is 0 Å². The van der Waals surface area contributed by atoms with Crippen LogP contribution in [0.25, 0.3) is 0 Å². The summed E-state index contributed by atoms with van der Waals surface area (Å²) in [5, 5.41) is 3.66. The van der Waals surface area contributed by atoms with E-state index in [1.165, 1.54) is 19.0 Å². The van der Waals surface area contributed by atoms with Crippen molar-refractivity contribution in [3.05, 3.63) is 17.5 Å². The molecular weight excluding hydrogens is 240 g/mol. The Bertz CT molecular complexity index is 386. The summed E-state index contributed by atoms with van der Waals surface area (Å²) in [5.41, 5.74) is 0.557. The van der Waals surface area contributed by atoms with Crippen molar-refractivity contribution < 1.29 is 9.32 Å². The minimum Gasteiger partial charge on any atom is -0.361 e. The standard InChI is InChI=1S/C12H17ClN2O2/c1-9-11(8-14-17-9)12(16)15(7-6-13)10-4-2-3-5-10/h8,10H,2-7H2,1H3. The monoisotopic (exact) mass is 256 g/mol.